The Balaban J connectivity index is 2.34. The number of esters is 1. The number of rotatable bonds is 6. The third-order valence-corrected chi connectivity index (χ3v) is 2.44. The monoisotopic (exact) mass is 295 g/mol. The van der Waals surface area contributed by atoms with Crippen LogP contribution in [0.1, 0.15) is 30.3 Å². The molecule has 114 valence electrons. The van der Waals surface area contributed by atoms with E-state index < -0.39 is 24.5 Å². The highest BCUT2D eigenvalue weighted by atomic mass is 16.5. The maximum absolute atomic E-state index is 11.5. The molecule has 0 saturated heterocycles. The molecule has 1 heterocycles. The summed E-state index contributed by atoms with van der Waals surface area (Å²) < 4.78 is 4.98. The predicted molar refractivity (Wildman–Crippen MR) is 72.1 cm³/mol. The first-order valence-electron chi connectivity index (χ1n) is 6.47. The summed E-state index contributed by atoms with van der Waals surface area (Å²) in [6.45, 7) is 1.78. The summed E-state index contributed by atoms with van der Waals surface area (Å²) in [4.78, 5) is 34.2. The van der Waals surface area contributed by atoms with Crippen molar-refractivity contribution >= 4 is 17.9 Å². The van der Waals surface area contributed by atoms with Crippen LogP contribution in [-0.2, 0) is 9.53 Å². The zero-order valence-electron chi connectivity index (χ0n) is 11.6. The zero-order chi connectivity index (χ0) is 15.7. The third kappa shape index (κ3) is 5.89. The first kappa shape index (κ1) is 16.4. The van der Waals surface area contributed by atoms with E-state index in [9.17, 15) is 19.6 Å². The third-order valence-electron chi connectivity index (χ3n) is 2.44. The summed E-state index contributed by atoms with van der Waals surface area (Å²) in [6, 6.07) is 3.57. The summed E-state index contributed by atoms with van der Waals surface area (Å²) in [5.41, 5.74) is -0.238. The predicted octanol–water partition coefficient (Wildman–Crippen LogP) is 0.103. The summed E-state index contributed by atoms with van der Waals surface area (Å²) >= 11 is 0. The number of pyridine rings is 1. The number of hydrogen-bond acceptors (Lipinski definition) is 5. The molecule has 0 aliphatic heterocycles. The molecular weight excluding hydrogens is 278 g/mol. The molecule has 21 heavy (non-hydrogen) atoms. The van der Waals surface area contributed by atoms with E-state index in [0.717, 1.165) is 19.0 Å². The topological polar surface area (TPSA) is 111 Å². The molecule has 1 aromatic heterocycles. The number of amides is 3. The van der Waals surface area contributed by atoms with Crippen molar-refractivity contribution in [2.75, 3.05) is 13.2 Å². The van der Waals surface area contributed by atoms with Crippen LogP contribution in [-0.4, -0.2) is 31.1 Å². The van der Waals surface area contributed by atoms with Gasteiger partial charge in [0.05, 0.1) is 0 Å². The molecule has 2 N–H and O–H groups in total. The highest BCUT2D eigenvalue weighted by molar-refractivity contribution is 5.96. The van der Waals surface area contributed by atoms with Crippen molar-refractivity contribution in [2.24, 2.45) is 0 Å². The van der Waals surface area contributed by atoms with Crippen LogP contribution >= 0.6 is 0 Å². The lowest BCUT2D eigenvalue weighted by atomic mass is 10.3. The largest absolute Gasteiger partial charge is 0.618 e. The van der Waals surface area contributed by atoms with E-state index in [-0.39, 0.29) is 5.69 Å². The van der Waals surface area contributed by atoms with Crippen molar-refractivity contribution in [2.45, 2.75) is 19.8 Å². The first-order chi connectivity index (χ1) is 10.0. The van der Waals surface area contributed by atoms with E-state index in [1.807, 2.05) is 12.2 Å². The number of unbranched alkanes of at least 4 members (excludes halogenated alkanes) is 1. The quantitative estimate of drug-likeness (QED) is 0.335. The van der Waals surface area contributed by atoms with Crippen LogP contribution in [0.2, 0.25) is 0 Å². The lowest BCUT2D eigenvalue weighted by molar-refractivity contribution is -0.608. The van der Waals surface area contributed by atoms with Crippen LogP contribution < -0.4 is 15.4 Å². The van der Waals surface area contributed by atoms with Crippen molar-refractivity contribution < 1.29 is 23.9 Å². The van der Waals surface area contributed by atoms with E-state index in [1.165, 1.54) is 18.2 Å². The van der Waals surface area contributed by atoms with Crippen LogP contribution in [0.15, 0.2) is 24.4 Å². The molecule has 8 nitrogen and oxygen atoms in total. The molecule has 0 bridgehead atoms. The molecule has 1 rings (SSSR count). The highest BCUT2D eigenvalue weighted by Gasteiger charge is 2.18. The maximum Gasteiger partial charge on any atom is 0.405 e. The molecule has 0 radical (unpaired) electrons. The van der Waals surface area contributed by atoms with Gasteiger partial charge in [0.1, 0.15) is 0 Å². The Bertz CT molecular complexity index is 518. The van der Waals surface area contributed by atoms with Gasteiger partial charge in [-0.3, -0.25) is 10.1 Å². The number of carbonyl (C=O) groups excluding carboxylic acids is 3. The Morgan fingerprint density at radius 1 is 1.33 bits per heavy atom. The van der Waals surface area contributed by atoms with Crippen LogP contribution in [0, 0.1) is 5.21 Å². The summed E-state index contributed by atoms with van der Waals surface area (Å²) in [7, 11) is 0. The average molecular weight is 295 g/mol. The van der Waals surface area contributed by atoms with Crippen molar-refractivity contribution in [1.82, 2.24) is 10.6 Å². The molecule has 0 atom stereocenters. The fourth-order valence-corrected chi connectivity index (χ4v) is 1.38. The number of nitrogens with zero attached hydrogens (tertiary/aromatic N) is 1. The molecule has 3 amide bonds. The van der Waals surface area contributed by atoms with Gasteiger partial charge in [0.15, 0.2) is 12.8 Å². The van der Waals surface area contributed by atoms with Gasteiger partial charge < -0.3 is 15.3 Å². The Kier molecular flexibility index (Phi) is 6.66. The molecule has 8 heteroatoms. The zero-order valence-corrected chi connectivity index (χ0v) is 11.6. The molecule has 0 fully saturated rings. The number of urea groups is 1. The lowest BCUT2D eigenvalue weighted by Gasteiger charge is -2.07. The van der Waals surface area contributed by atoms with Gasteiger partial charge in [-0.2, -0.15) is 4.73 Å². The minimum Gasteiger partial charge on any atom is -0.618 e. The molecule has 0 spiro atoms. The normalized spacial score (nSPS) is 9.76. The van der Waals surface area contributed by atoms with Crippen molar-refractivity contribution in [3.05, 3.63) is 35.3 Å². The minimum absolute atomic E-state index is 0.238. The second kappa shape index (κ2) is 8.51. The lowest BCUT2D eigenvalue weighted by Crippen LogP contribution is -2.42. The number of ether oxygens (including phenoxy) is 1. The molecule has 0 aromatic carbocycles. The van der Waals surface area contributed by atoms with E-state index in [1.54, 1.807) is 0 Å². The number of hydrogen-bond donors (Lipinski definition) is 2. The molecular formula is C13H17N3O5. The minimum atomic E-state index is -0.938. The number of nitrogens with one attached hydrogen (secondary N) is 2. The summed E-state index contributed by atoms with van der Waals surface area (Å²) in [6.07, 6.45) is 2.85. The smallest absolute Gasteiger partial charge is 0.405 e. The van der Waals surface area contributed by atoms with Gasteiger partial charge in [-0.15, -0.1) is 0 Å². The Hall–Kier alpha value is -2.64. The molecule has 0 aliphatic carbocycles. The van der Waals surface area contributed by atoms with Gasteiger partial charge in [0, 0.05) is 18.7 Å². The van der Waals surface area contributed by atoms with Gasteiger partial charge in [-0.25, -0.2) is 9.59 Å². The van der Waals surface area contributed by atoms with Gasteiger partial charge in [-0.05, 0) is 12.5 Å². The summed E-state index contributed by atoms with van der Waals surface area (Å²) in [5, 5.41) is 15.8. The fourth-order valence-electron chi connectivity index (χ4n) is 1.38. The molecule has 0 saturated carbocycles. The second-order valence-corrected chi connectivity index (χ2v) is 4.15. The van der Waals surface area contributed by atoms with Crippen LogP contribution in [0.3, 0.4) is 0 Å². The van der Waals surface area contributed by atoms with Gasteiger partial charge >= 0.3 is 17.7 Å². The fraction of sp³-hybridized carbons (Fsp3) is 0.385. The summed E-state index contributed by atoms with van der Waals surface area (Å²) in [5.74, 6) is -1.71. The van der Waals surface area contributed by atoms with Crippen LogP contribution in [0.25, 0.3) is 0 Å². The Labute approximate surface area is 121 Å². The van der Waals surface area contributed by atoms with Gasteiger partial charge in [-0.1, -0.05) is 13.3 Å². The number of imide groups is 1. The van der Waals surface area contributed by atoms with E-state index in [2.05, 4.69) is 10.1 Å². The first-order valence-corrected chi connectivity index (χ1v) is 6.47. The molecule has 0 aliphatic rings. The van der Waals surface area contributed by atoms with Crippen molar-refractivity contribution in [3.8, 4) is 0 Å². The van der Waals surface area contributed by atoms with E-state index in [0.29, 0.717) is 11.3 Å². The Morgan fingerprint density at radius 2 is 2.10 bits per heavy atom. The van der Waals surface area contributed by atoms with Crippen LogP contribution in [0.5, 0.6) is 0 Å². The van der Waals surface area contributed by atoms with Gasteiger partial charge in [0.25, 0.3) is 5.91 Å². The molecule has 0 unspecified atom stereocenters. The van der Waals surface area contributed by atoms with E-state index >= 15 is 0 Å². The number of aromatic nitrogens is 1. The van der Waals surface area contributed by atoms with Gasteiger partial charge in [0.2, 0.25) is 0 Å². The average Bonchev–Trinajstić information content (AvgIpc) is 2.45. The van der Waals surface area contributed by atoms with E-state index in [4.69, 9.17) is 0 Å². The van der Waals surface area contributed by atoms with Crippen LogP contribution in [0.4, 0.5) is 4.79 Å². The SMILES string of the molecule is CCCCNC(=O)NC(=O)COC(=O)c1cccc[n+]1[O-]. The second-order valence-electron chi connectivity index (χ2n) is 4.15. The highest BCUT2D eigenvalue weighted by Crippen LogP contribution is 1.94. The molecule has 1 aromatic rings. The maximum atomic E-state index is 11.5. The Morgan fingerprint density at radius 3 is 2.76 bits per heavy atom. The van der Waals surface area contributed by atoms with Crippen molar-refractivity contribution in [3.63, 3.8) is 0 Å². The van der Waals surface area contributed by atoms with Crippen molar-refractivity contribution in [1.29, 1.82) is 0 Å². The standard InChI is InChI=1S/C13H17N3O5/c1-2-3-7-14-13(19)15-11(17)9-21-12(18)10-6-4-5-8-16(10)20/h4-6,8H,2-3,7,9H2,1H3,(H2,14,15,17,19). The number of carbonyl (C=O) groups is 3.